The lowest BCUT2D eigenvalue weighted by Gasteiger charge is -2.41. The fourth-order valence-electron chi connectivity index (χ4n) is 3.74. The minimum Gasteiger partial charge on any atom is -0.481 e. The van der Waals surface area contributed by atoms with Crippen molar-refractivity contribution >= 4 is 5.97 Å². The van der Waals surface area contributed by atoms with Crippen LogP contribution >= 0.6 is 0 Å². The molecule has 2 saturated carbocycles. The van der Waals surface area contributed by atoms with Crippen LogP contribution in [0.25, 0.3) is 0 Å². The minimum atomic E-state index is -0.608. The number of carboxylic acid groups (broad SMARTS) is 1. The minimum absolute atomic E-state index is 0.404. The summed E-state index contributed by atoms with van der Waals surface area (Å²) in [5.74, 6) is 2.42. The molecule has 0 aromatic rings. The maximum Gasteiger partial charge on any atom is 0.303 e. The Kier molecular flexibility index (Phi) is 2.80. The Morgan fingerprint density at radius 3 is 2.21 bits per heavy atom. The maximum absolute atomic E-state index is 10.7. The largest absolute Gasteiger partial charge is 0.481 e. The number of hydrogen-bond acceptors (Lipinski definition) is 1. The van der Waals surface area contributed by atoms with Crippen LogP contribution in [0.5, 0.6) is 0 Å². The quantitative estimate of drug-likeness (QED) is 0.737. The lowest BCUT2D eigenvalue weighted by atomic mass is 9.64. The first-order chi connectivity index (χ1) is 6.63. The van der Waals surface area contributed by atoms with Gasteiger partial charge < -0.3 is 5.11 Å². The summed E-state index contributed by atoms with van der Waals surface area (Å²) in [5, 5.41) is 8.78. The second-order valence-corrected chi connectivity index (χ2v) is 5.48. The molecule has 2 aliphatic carbocycles. The summed E-state index contributed by atoms with van der Waals surface area (Å²) >= 11 is 0. The normalized spacial score (nSPS) is 42.1. The highest BCUT2D eigenvalue weighted by atomic mass is 16.4. The van der Waals surface area contributed by atoms with E-state index in [4.69, 9.17) is 5.11 Å². The second kappa shape index (κ2) is 3.92. The number of carbonyl (C=O) groups is 1. The average molecular weight is 196 g/mol. The van der Waals surface area contributed by atoms with E-state index in [9.17, 15) is 4.79 Å². The van der Waals surface area contributed by atoms with Crippen LogP contribution in [0.1, 0.15) is 45.4 Å². The molecular weight excluding hydrogens is 176 g/mol. The Morgan fingerprint density at radius 1 is 1.14 bits per heavy atom. The first kappa shape index (κ1) is 10.0. The molecular formula is C12H20O2. The molecule has 0 heterocycles. The van der Waals surface area contributed by atoms with Gasteiger partial charge in [-0.1, -0.05) is 6.92 Å². The van der Waals surface area contributed by atoms with Gasteiger partial charge in [-0.3, -0.25) is 4.79 Å². The first-order valence-corrected chi connectivity index (χ1v) is 5.85. The van der Waals surface area contributed by atoms with Crippen molar-refractivity contribution in [2.45, 2.75) is 45.4 Å². The molecule has 2 fully saturated rings. The molecule has 0 amide bonds. The molecule has 0 saturated heterocycles. The summed E-state index contributed by atoms with van der Waals surface area (Å²) in [4.78, 5) is 10.7. The number of carboxylic acids is 1. The summed E-state index contributed by atoms with van der Waals surface area (Å²) in [5.41, 5.74) is 0. The SMILES string of the molecule is CC1CC2CC(CC(=O)O)CC(C1)C2. The van der Waals surface area contributed by atoms with Crippen molar-refractivity contribution in [3.63, 3.8) is 0 Å². The summed E-state index contributed by atoms with van der Waals surface area (Å²) in [6, 6.07) is 0. The molecule has 2 heteroatoms. The van der Waals surface area contributed by atoms with Gasteiger partial charge in [0.1, 0.15) is 0 Å². The van der Waals surface area contributed by atoms with Crippen LogP contribution in [-0.4, -0.2) is 11.1 Å². The molecule has 0 aromatic carbocycles. The number of aliphatic carboxylic acids is 1. The van der Waals surface area contributed by atoms with Crippen LogP contribution < -0.4 is 0 Å². The average Bonchev–Trinajstić information content (AvgIpc) is 1.99. The Morgan fingerprint density at radius 2 is 1.71 bits per heavy atom. The topological polar surface area (TPSA) is 37.3 Å². The van der Waals surface area contributed by atoms with Crippen LogP contribution in [-0.2, 0) is 4.79 Å². The van der Waals surface area contributed by atoms with Gasteiger partial charge in [0, 0.05) is 6.42 Å². The molecule has 2 rings (SSSR count). The molecule has 0 spiro atoms. The van der Waals surface area contributed by atoms with Gasteiger partial charge in [-0.2, -0.15) is 0 Å². The summed E-state index contributed by atoms with van der Waals surface area (Å²) in [6.45, 7) is 2.34. The molecule has 2 aliphatic rings. The standard InChI is InChI=1S/C12H20O2/c1-8-2-9-4-10(3-8)6-11(5-9)7-12(13)14/h8-11H,2-7H2,1H3,(H,13,14). The van der Waals surface area contributed by atoms with Gasteiger partial charge in [0.2, 0.25) is 0 Å². The van der Waals surface area contributed by atoms with Crippen molar-refractivity contribution in [3.05, 3.63) is 0 Å². The van der Waals surface area contributed by atoms with E-state index in [2.05, 4.69) is 6.92 Å². The summed E-state index contributed by atoms with van der Waals surface area (Å²) < 4.78 is 0. The van der Waals surface area contributed by atoms with E-state index in [0.717, 1.165) is 17.8 Å². The van der Waals surface area contributed by atoms with Gasteiger partial charge in [0.05, 0.1) is 0 Å². The first-order valence-electron chi connectivity index (χ1n) is 5.85. The Hall–Kier alpha value is -0.530. The molecule has 0 aromatic heterocycles. The highest BCUT2D eigenvalue weighted by Gasteiger charge is 2.35. The van der Waals surface area contributed by atoms with Crippen LogP contribution in [0.15, 0.2) is 0 Å². The molecule has 14 heavy (non-hydrogen) atoms. The molecule has 0 aliphatic heterocycles. The zero-order valence-corrected chi connectivity index (χ0v) is 8.91. The highest BCUT2D eigenvalue weighted by Crippen LogP contribution is 2.45. The van der Waals surface area contributed by atoms with Crippen molar-refractivity contribution in [1.29, 1.82) is 0 Å². The van der Waals surface area contributed by atoms with E-state index >= 15 is 0 Å². The third-order valence-electron chi connectivity index (χ3n) is 3.93. The number of fused-ring (bicyclic) bond motifs is 2. The summed E-state index contributed by atoms with van der Waals surface area (Å²) in [7, 11) is 0. The molecule has 80 valence electrons. The Labute approximate surface area is 85.7 Å². The summed E-state index contributed by atoms with van der Waals surface area (Å²) in [6.07, 6.45) is 6.81. The van der Waals surface area contributed by atoms with E-state index in [1.165, 1.54) is 32.1 Å². The molecule has 2 nitrogen and oxygen atoms in total. The third-order valence-corrected chi connectivity index (χ3v) is 3.93. The van der Waals surface area contributed by atoms with Gasteiger partial charge in [-0.15, -0.1) is 0 Å². The fraction of sp³-hybridized carbons (Fsp3) is 0.917. The van der Waals surface area contributed by atoms with Crippen LogP contribution in [0.3, 0.4) is 0 Å². The van der Waals surface area contributed by atoms with E-state index in [-0.39, 0.29) is 0 Å². The monoisotopic (exact) mass is 196 g/mol. The van der Waals surface area contributed by atoms with Crippen molar-refractivity contribution in [1.82, 2.24) is 0 Å². The molecule has 2 bridgehead atoms. The number of hydrogen-bond donors (Lipinski definition) is 1. The fourth-order valence-corrected chi connectivity index (χ4v) is 3.74. The van der Waals surface area contributed by atoms with Crippen molar-refractivity contribution in [2.24, 2.45) is 23.7 Å². The number of rotatable bonds is 2. The van der Waals surface area contributed by atoms with E-state index < -0.39 is 5.97 Å². The lowest BCUT2D eigenvalue weighted by molar-refractivity contribution is -0.138. The van der Waals surface area contributed by atoms with Crippen molar-refractivity contribution in [3.8, 4) is 0 Å². The van der Waals surface area contributed by atoms with E-state index in [1.807, 2.05) is 0 Å². The van der Waals surface area contributed by atoms with Crippen LogP contribution in [0.4, 0.5) is 0 Å². The van der Waals surface area contributed by atoms with Crippen molar-refractivity contribution < 1.29 is 9.90 Å². The Bertz CT molecular complexity index is 206. The van der Waals surface area contributed by atoms with Crippen molar-refractivity contribution in [2.75, 3.05) is 0 Å². The zero-order chi connectivity index (χ0) is 10.1. The molecule has 1 N–H and O–H groups in total. The predicted molar refractivity (Wildman–Crippen MR) is 55.0 cm³/mol. The molecule has 0 radical (unpaired) electrons. The molecule has 2 unspecified atom stereocenters. The Balaban J connectivity index is 1.92. The van der Waals surface area contributed by atoms with Gasteiger partial charge in [0.25, 0.3) is 0 Å². The van der Waals surface area contributed by atoms with Gasteiger partial charge in [-0.25, -0.2) is 0 Å². The van der Waals surface area contributed by atoms with E-state index in [1.54, 1.807) is 0 Å². The smallest absolute Gasteiger partial charge is 0.303 e. The zero-order valence-electron chi connectivity index (χ0n) is 8.91. The lowest BCUT2D eigenvalue weighted by Crippen LogP contribution is -2.31. The predicted octanol–water partition coefficient (Wildman–Crippen LogP) is 2.92. The maximum atomic E-state index is 10.7. The van der Waals surface area contributed by atoms with E-state index in [0.29, 0.717) is 12.3 Å². The highest BCUT2D eigenvalue weighted by molar-refractivity contribution is 5.67. The second-order valence-electron chi connectivity index (χ2n) is 5.48. The van der Waals surface area contributed by atoms with Gasteiger partial charge in [-0.05, 0) is 55.8 Å². The van der Waals surface area contributed by atoms with Crippen LogP contribution in [0, 0.1) is 23.7 Å². The van der Waals surface area contributed by atoms with Gasteiger partial charge >= 0.3 is 5.97 Å². The molecule has 2 atom stereocenters. The van der Waals surface area contributed by atoms with Gasteiger partial charge in [0.15, 0.2) is 0 Å². The third kappa shape index (κ3) is 2.28. The van der Waals surface area contributed by atoms with Crippen LogP contribution in [0.2, 0.25) is 0 Å².